The van der Waals surface area contributed by atoms with E-state index in [1.54, 1.807) is 12.1 Å². The maximum absolute atomic E-state index is 14.8. The minimum Gasteiger partial charge on any atom is -0.199 e. The Bertz CT molecular complexity index is 2360. The highest BCUT2D eigenvalue weighted by atomic mass is 19.4. The van der Waals surface area contributed by atoms with E-state index in [4.69, 9.17) is 0 Å². The van der Waals surface area contributed by atoms with Crippen molar-refractivity contribution in [3.63, 3.8) is 0 Å². The molecule has 2 aromatic heterocycles. The monoisotopic (exact) mass is 658 g/mol. The number of halogens is 3. The summed E-state index contributed by atoms with van der Waals surface area (Å²) in [7, 11) is 0. The Hall–Kier alpha value is -3.61. The molecule has 0 aliphatic carbocycles. The highest BCUT2D eigenvalue weighted by molar-refractivity contribution is 6.20. The van der Waals surface area contributed by atoms with Crippen molar-refractivity contribution in [2.24, 2.45) is 21.7 Å². The fraction of sp³-hybridized carbons (Fsp3) is 0.512. The van der Waals surface area contributed by atoms with Crippen LogP contribution in [0.1, 0.15) is 117 Å². The van der Waals surface area contributed by atoms with Gasteiger partial charge >= 0.3 is 12.1 Å². The molecule has 4 nitrogen and oxygen atoms in total. The van der Waals surface area contributed by atoms with E-state index in [1.165, 1.54) is 0 Å². The lowest BCUT2D eigenvalue weighted by atomic mass is 9.85. The molecule has 2 aromatic rings. The first-order valence-corrected chi connectivity index (χ1v) is 17.0. The van der Waals surface area contributed by atoms with Crippen LogP contribution in [0, 0.1) is 21.7 Å². The van der Waals surface area contributed by atoms with Crippen molar-refractivity contribution in [3.05, 3.63) is 86.1 Å². The van der Waals surface area contributed by atoms with Gasteiger partial charge in [0.25, 0.3) is 0 Å². The molecule has 0 N–H and O–H groups in total. The van der Waals surface area contributed by atoms with E-state index in [0.29, 0.717) is 27.6 Å². The SMILES string of the molecule is [2H]C([2H])(c1cc2n3c1C=C1C=C(CC(C)(C)C)C4=[N+]1C31n3c(cc(C([2H])([2H])C(C)(C)C(F)(F)F)c3=C2)=CC2=[N+]1C(=C4)C=C2CC(C)(C)C)C(C)(C)C. The van der Waals surface area contributed by atoms with Gasteiger partial charge in [0.05, 0.1) is 33.6 Å². The maximum Gasteiger partial charge on any atom is 0.553 e. The van der Waals surface area contributed by atoms with E-state index in [0.717, 1.165) is 60.7 Å². The summed E-state index contributed by atoms with van der Waals surface area (Å²) in [5.74, 6) is -1.27. The van der Waals surface area contributed by atoms with Crippen molar-refractivity contribution in [1.82, 2.24) is 9.13 Å². The topological polar surface area (TPSA) is 15.9 Å². The summed E-state index contributed by atoms with van der Waals surface area (Å²) in [6, 6.07) is 3.47. The number of hydrogen-bond donors (Lipinski definition) is 0. The number of rotatable bonds is 5. The van der Waals surface area contributed by atoms with Crippen molar-refractivity contribution >= 4 is 29.7 Å². The molecule has 0 aromatic carbocycles. The molecule has 0 radical (unpaired) electrons. The normalized spacial score (nSPS) is 24.0. The Labute approximate surface area is 288 Å². The van der Waals surface area contributed by atoms with Crippen molar-refractivity contribution in [2.75, 3.05) is 0 Å². The first-order valence-electron chi connectivity index (χ1n) is 19.0. The molecule has 0 amide bonds. The van der Waals surface area contributed by atoms with E-state index in [1.807, 2.05) is 37.5 Å². The van der Waals surface area contributed by atoms with E-state index in [2.05, 4.69) is 79.6 Å². The number of aromatic nitrogens is 2. The van der Waals surface area contributed by atoms with Gasteiger partial charge in [0.1, 0.15) is 0 Å². The zero-order chi connectivity index (χ0) is 38.3. The minimum absolute atomic E-state index is 0.0382. The molecular formula is C41H49F3N4+2. The molecule has 8 rings (SSSR count). The molecule has 8 heterocycles. The molecule has 6 aliphatic heterocycles. The molecular weight excluding hydrogens is 605 g/mol. The molecule has 0 saturated heterocycles. The van der Waals surface area contributed by atoms with Crippen molar-refractivity contribution in [1.29, 1.82) is 0 Å². The second kappa shape index (κ2) is 9.13. The molecule has 0 saturated carbocycles. The van der Waals surface area contributed by atoms with Crippen molar-refractivity contribution < 1.29 is 27.8 Å². The number of alkyl halides is 3. The largest absolute Gasteiger partial charge is 0.553 e. The second-order valence-corrected chi connectivity index (χ2v) is 18.3. The molecule has 1 spiro atoms. The van der Waals surface area contributed by atoms with Gasteiger partial charge in [0, 0.05) is 40.9 Å². The summed E-state index contributed by atoms with van der Waals surface area (Å²) in [4.78, 5) is 0. The number of hydrogen-bond acceptors (Lipinski definition) is 0. The first-order chi connectivity index (χ1) is 23.5. The van der Waals surface area contributed by atoms with Crippen LogP contribution in [0.3, 0.4) is 0 Å². The van der Waals surface area contributed by atoms with Gasteiger partial charge < -0.3 is 0 Å². The average Bonchev–Trinajstić information content (AvgIpc) is 3.70. The van der Waals surface area contributed by atoms with E-state index < -0.39 is 35.7 Å². The highest BCUT2D eigenvalue weighted by Gasteiger charge is 2.71. The van der Waals surface area contributed by atoms with Crippen LogP contribution >= 0.6 is 0 Å². The van der Waals surface area contributed by atoms with Crippen molar-refractivity contribution in [2.45, 2.75) is 114 Å². The predicted octanol–water partition coefficient (Wildman–Crippen LogP) is 7.97. The molecule has 0 fully saturated rings. The highest BCUT2D eigenvalue weighted by Crippen LogP contribution is 2.49. The maximum atomic E-state index is 14.8. The summed E-state index contributed by atoms with van der Waals surface area (Å²) < 4.78 is 90.6. The van der Waals surface area contributed by atoms with Gasteiger partial charge in [-0.15, -0.1) is 0 Å². The number of nitrogens with zero attached hydrogens (tertiary/aromatic N) is 4. The molecule has 6 aliphatic rings. The third kappa shape index (κ3) is 4.34. The van der Waals surface area contributed by atoms with Gasteiger partial charge in [-0.25, -0.2) is 0 Å². The summed E-state index contributed by atoms with van der Waals surface area (Å²) >= 11 is 0. The lowest BCUT2D eigenvalue weighted by Gasteiger charge is -2.38. The molecule has 0 bridgehead atoms. The zero-order valence-corrected chi connectivity index (χ0v) is 30.0. The predicted molar refractivity (Wildman–Crippen MR) is 187 cm³/mol. The Morgan fingerprint density at radius 3 is 1.75 bits per heavy atom. The minimum atomic E-state index is -4.83. The van der Waals surface area contributed by atoms with Gasteiger partial charge in [0.15, 0.2) is 0 Å². The Morgan fingerprint density at radius 2 is 1.21 bits per heavy atom. The van der Waals surface area contributed by atoms with Crippen LogP contribution in [0.5, 0.6) is 0 Å². The molecule has 252 valence electrons. The van der Waals surface area contributed by atoms with Crippen LogP contribution in [-0.4, -0.2) is 35.9 Å². The fourth-order valence-electron chi connectivity index (χ4n) is 8.25. The second-order valence-electron chi connectivity index (χ2n) is 18.3. The lowest BCUT2D eigenvalue weighted by Crippen LogP contribution is -2.69. The summed E-state index contributed by atoms with van der Waals surface area (Å²) in [6.07, 6.45) is 4.54. The van der Waals surface area contributed by atoms with Gasteiger partial charge in [-0.05, 0) is 71.2 Å². The summed E-state index contributed by atoms with van der Waals surface area (Å²) in [5.41, 5.74) is 4.04. The molecule has 7 heteroatoms. The van der Waals surface area contributed by atoms with Crippen molar-refractivity contribution in [3.8, 4) is 0 Å². The van der Waals surface area contributed by atoms with Crippen LogP contribution in [0.2, 0.25) is 0 Å². The van der Waals surface area contributed by atoms with Crippen LogP contribution in [0.4, 0.5) is 13.2 Å². The van der Waals surface area contributed by atoms with Gasteiger partial charge in [-0.2, -0.15) is 22.3 Å². The smallest absolute Gasteiger partial charge is 0.199 e. The van der Waals surface area contributed by atoms with E-state index in [-0.39, 0.29) is 16.4 Å². The van der Waals surface area contributed by atoms with E-state index >= 15 is 0 Å². The van der Waals surface area contributed by atoms with Gasteiger partial charge in [-0.1, -0.05) is 85.3 Å². The van der Waals surface area contributed by atoms with Crippen LogP contribution in [0.15, 0.2) is 52.9 Å². The van der Waals surface area contributed by atoms with Crippen LogP contribution in [-0.2, 0) is 18.7 Å². The third-order valence-electron chi connectivity index (χ3n) is 9.88. The Balaban J connectivity index is 1.58. The molecule has 1 unspecified atom stereocenters. The fourth-order valence-corrected chi connectivity index (χ4v) is 8.25. The summed E-state index contributed by atoms with van der Waals surface area (Å²) in [6.45, 7) is 20.7. The first kappa shape index (κ1) is 27.2. The number of allylic oxidation sites excluding steroid dienone is 5. The summed E-state index contributed by atoms with van der Waals surface area (Å²) in [5, 5.41) is 0.954. The molecule has 48 heavy (non-hydrogen) atoms. The van der Waals surface area contributed by atoms with Gasteiger partial charge in [0.2, 0.25) is 22.8 Å². The Kier molecular flexibility index (Phi) is 5.18. The molecule has 1 atom stereocenters. The van der Waals surface area contributed by atoms with E-state index in [9.17, 15) is 18.7 Å². The quantitative estimate of drug-likeness (QED) is 0.290. The average molecular weight is 659 g/mol. The van der Waals surface area contributed by atoms with Gasteiger partial charge in [-0.3, -0.25) is 0 Å². The Morgan fingerprint density at radius 1 is 0.646 bits per heavy atom. The zero-order valence-electron chi connectivity index (χ0n) is 34.0. The van der Waals surface area contributed by atoms with Crippen LogP contribution in [0.25, 0.3) is 18.2 Å². The van der Waals surface area contributed by atoms with Crippen LogP contribution < -0.4 is 10.7 Å². The lowest BCUT2D eigenvalue weighted by molar-refractivity contribution is -0.836. The third-order valence-corrected chi connectivity index (χ3v) is 9.88. The standard InChI is InChI=1S/C41H49F3N4/c1-36(2,3)20-24-12-28-17-33-26(22-38(7,8)9)14-30-19-35-27(23-39(10,11)40(42,43)44)15-31-18-34-25(21-37(4,5)6)13-29-16-32(24)45(28)41(46(29)34,47(30)33)48(31)35/h12-19H,20-23H2,1-11H3/q+2/i22D2,23D2.